The fraction of sp³-hybridized carbons (Fsp3) is 0.333. The molecule has 0 heterocycles. The summed E-state index contributed by atoms with van der Waals surface area (Å²) in [6, 6.07) is 9.90. The summed E-state index contributed by atoms with van der Waals surface area (Å²) in [6.07, 6.45) is 8.54. The van der Waals surface area contributed by atoms with Gasteiger partial charge in [0.05, 0.1) is 0 Å². The van der Waals surface area contributed by atoms with Gasteiger partial charge in [0.1, 0.15) is 5.60 Å². The molecule has 0 radical (unpaired) electrons. The van der Waals surface area contributed by atoms with Crippen LogP contribution in [0.15, 0.2) is 66.8 Å². The molecule has 1 aliphatic carbocycles. The Labute approximate surface area is 116 Å². The predicted octanol–water partition coefficient (Wildman–Crippen LogP) is 4.51. The van der Waals surface area contributed by atoms with Gasteiger partial charge in [-0.2, -0.15) is 0 Å². The van der Waals surface area contributed by atoms with E-state index in [2.05, 4.69) is 13.2 Å². The first-order chi connectivity index (χ1) is 9.22. The van der Waals surface area contributed by atoms with Crippen LogP contribution in [0.5, 0.6) is 0 Å². The van der Waals surface area contributed by atoms with Crippen molar-refractivity contribution < 1.29 is 5.11 Å². The van der Waals surface area contributed by atoms with Gasteiger partial charge in [-0.05, 0) is 42.4 Å². The van der Waals surface area contributed by atoms with Gasteiger partial charge in [0.15, 0.2) is 0 Å². The highest BCUT2D eigenvalue weighted by molar-refractivity contribution is 5.40. The number of allylic oxidation sites excluding steroid dienone is 2. The van der Waals surface area contributed by atoms with Crippen molar-refractivity contribution in [2.75, 3.05) is 0 Å². The van der Waals surface area contributed by atoms with Gasteiger partial charge in [0.25, 0.3) is 0 Å². The van der Waals surface area contributed by atoms with E-state index < -0.39 is 5.60 Å². The van der Waals surface area contributed by atoms with Gasteiger partial charge in [-0.3, -0.25) is 0 Å². The molecular weight excluding hydrogens is 232 g/mol. The van der Waals surface area contributed by atoms with Gasteiger partial charge in [0, 0.05) is 6.42 Å². The van der Waals surface area contributed by atoms with Crippen molar-refractivity contribution in [3.63, 3.8) is 0 Å². The molecule has 19 heavy (non-hydrogen) atoms. The summed E-state index contributed by atoms with van der Waals surface area (Å²) in [5.74, 6) is 0. The lowest BCUT2D eigenvalue weighted by Gasteiger charge is -2.34. The van der Waals surface area contributed by atoms with E-state index in [-0.39, 0.29) is 0 Å². The lowest BCUT2D eigenvalue weighted by molar-refractivity contribution is 0.0729. The van der Waals surface area contributed by atoms with Gasteiger partial charge in [-0.15, -0.1) is 6.58 Å². The maximum Gasteiger partial charge on any atom is 0.115 e. The molecule has 1 aromatic carbocycles. The number of hydrogen-bond acceptors (Lipinski definition) is 1. The van der Waals surface area contributed by atoms with E-state index in [1.807, 2.05) is 36.4 Å². The summed E-state index contributed by atoms with van der Waals surface area (Å²) in [4.78, 5) is 0. The SMILES string of the molecule is C=CCC(O)(C1=C(C=C)CCCC1)c1ccccc1. The second kappa shape index (κ2) is 6.03. The number of hydrogen-bond donors (Lipinski definition) is 1. The normalized spacial score (nSPS) is 18.8. The molecule has 1 aromatic rings. The van der Waals surface area contributed by atoms with Crippen LogP contribution in [0.25, 0.3) is 0 Å². The third-order valence-corrected chi connectivity index (χ3v) is 3.95. The summed E-state index contributed by atoms with van der Waals surface area (Å²) in [6.45, 7) is 7.72. The van der Waals surface area contributed by atoms with Crippen LogP contribution < -0.4 is 0 Å². The summed E-state index contributed by atoms with van der Waals surface area (Å²) in [5, 5.41) is 11.2. The Morgan fingerprint density at radius 1 is 1.11 bits per heavy atom. The zero-order valence-corrected chi connectivity index (χ0v) is 11.4. The second-order valence-corrected chi connectivity index (χ2v) is 5.13. The lowest BCUT2D eigenvalue weighted by Crippen LogP contribution is -2.30. The van der Waals surface area contributed by atoms with Crippen LogP contribution in [-0.4, -0.2) is 5.11 Å². The highest BCUT2D eigenvalue weighted by atomic mass is 16.3. The molecule has 0 saturated heterocycles. The molecule has 0 spiro atoms. The Kier molecular flexibility index (Phi) is 4.39. The number of rotatable bonds is 5. The van der Waals surface area contributed by atoms with Gasteiger partial charge < -0.3 is 5.11 Å². The molecule has 1 N–H and O–H groups in total. The zero-order valence-electron chi connectivity index (χ0n) is 11.4. The molecule has 0 aromatic heterocycles. The van der Waals surface area contributed by atoms with Gasteiger partial charge in [0.2, 0.25) is 0 Å². The van der Waals surface area contributed by atoms with Crippen molar-refractivity contribution in [2.45, 2.75) is 37.7 Å². The molecule has 0 bridgehead atoms. The van der Waals surface area contributed by atoms with Crippen molar-refractivity contribution in [3.05, 3.63) is 72.4 Å². The number of benzene rings is 1. The van der Waals surface area contributed by atoms with Crippen molar-refractivity contribution in [1.29, 1.82) is 0 Å². The molecule has 1 atom stereocenters. The van der Waals surface area contributed by atoms with Crippen molar-refractivity contribution >= 4 is 0 Å². The maximum atomic E-state index is 11.2. The van der Waals surface area contributed by atoms with E-state index in [4.69, 9.17) is 0 Å². The minimum atomic E-state index is -0.924. The lowest BCUT2D eigenvalue weighted by atomic mass is 9.75. The van der Waals surface area contributed by atoms with Gasteiger partial charge in [-0.1, -0.05) is 49.1 Å². The van der Waals surface area contributed by atoms with E-state index in [0.717, 1.165) is 30.4 Å². The van der Waals surface area contributed by atoms with E-state index >= 15 is 0 Å². The Morgan fingerprint density at radius 3 is 2.42 bits per heavy atom. The third kappa shape index (κ3) is 2.71. The molecule has 0 saturated carbocycles. The first kappa shape index (κ1) is 13.8. The zero-order chi connectivity index (χ0) is 13.7. The minimum absolute atomic E-state index is 0.545. The highest BCUT2D eigenvalue weighted by Gasteiger charge is 2.34. The summed E-state index contributed by atoms with van der Waals surface area (Å²) < 4.78 is 0. The first-order valence-electron chi connectivity index (χ1n) is 6.96. The summed E-state index contributed by atoms with van der Waals surface area (Å²) in [5.41, 5.74) is 2.36. The predicted molar refractivity (Wildman–Crippen MR) is 80.8 cm³/mol. The van der Waals surface area contributed by atoms with Crippen LogP contribution in [0, 0.1) is 0 Å². The quantitative estimate of drug-likeness (QED) is 0.767. The van der Waals surface area contributed by atoms with Crippen LogP contribution in [0.3, 0.4) is 0 Å². The van der Waals surface area contributed by atoms with Crippen LogP contribution >= 0.6 is 0 Å². The molecule has 100 valence electrons. The molecule has 2 rings (SSSR count). The molecule has 1 aliphatic rings. The van der Waals surface area contributed by atoms with Gasteiger partial charge >= 0.3 is 0 Å². The third-order valence-electron chi connectivity index (χ3n) is 3.95. The Hall–Kier alpha value is -1.60. The first-order valence-corrected chi connectivity index (χ1v) is 6.96. The van der Waals surface area contributed by atoms with Crippen LogP contribution in [-0.2, 0) is 5.60 Å². The van der Waals surface area contributed by atoms with Crippen molar-refractivity contribution in [3.8, 4) is 0 Å². The molecule has 0 fully saturated rings. The average Bonchev–Trinajstić information content (AvgIpc) is 2.48. The standard InChI is InChI=1S/C18H22O/c1-3-14-18(19,16-11-6-5-7-12-16)17-13-9-8-10-15(17)4-2/h3-7,11-12,19H,1-2,8-10,13-14H2. The molecule has 0 aliphatic heterocycles. The summed E-state index contributed by atoms with van der Waals surface area (Å²) >= 11 is 0. The topological polar surface area (TPSA) is 20.2 Å². The van der Waals surface area contributed by atoms with Crippen molar-refractivity contribution in [2.24, 2.45) is 0 Å². The largest absolute Gasteiger partial charge is 0.380 e. The average molecular weight is 254 g/mol. The summed E-state index contributed by atoms with van der Waals surface area (Å²) in [7, 11) is 0. The van der Waals surface area contributed by atoms with E-state index in [1.165, 1.54) is 12.0 Å². The fourth-order valence-corrected chi connectivity index (χ4v) is 2.96. The molecular formula is C18H22O. The smallest absolute Gasteiger partial charge is 0.115 e. The second-order valence-electron chi connectivity index (χ2n) is 5.13. The number of aliphatic hydroxyl groups is 1. The molecule has 1 nitrogen and oxygen atoms in total. The van der Waals surface area contributed by atoms with E-state index in [0.29, 0.717) is 6.42 Å². The molecule has 1 heteroatoms. The van der Waals surface area contributed by atoms with Crippen LogP contribution in [0.2, 0.25) is 0 Å². The molecule has 0 amide bonds. The molecule has 1 unspecified atom stereocenters. The monoisotopic (exact) mass is 254 g/mol. The van der Waals surface area contributed by atoms with Gasteiger partial charge in [-0.25, -0.2) is 0 Å². The van der Waals surface area contributed by atoms with E-state index in [1.54, 1.807) is 6.08 Å². The Morgan fingerprint density at radius 2 is 1.79 bits per heavy atom. The maximum absolute atomic E-state index is 11.2. The highest BCUT2D eigenvalue weighted by Crippen LogP contribution is 2.41. The fourth-order valence-electron chi connectivity index (χ4n) is 2.96. The van der Waals surface area contributed by atoms with E-state index in [9.17, 15) is 5.11 Å². The van der Waals surface area contributed by atoms with Crippen molar-refractivity contribution in [1.82, 2.24) is 0 Å². The van der Waals surface area contributed by atoms with Crippen LogP contribution in [0.1, 0.15) is 37.7 Å². The minimum Gasteiger partial charge on any atom is -0.380 e. The Bertz CT molecular complexity index is 484. The Balaban J connectivity index is 2.52. The van der Waals surface area contributed by atoms with Crippen LogP contribution in [0.4, 0.5) is 0 Å².